The van der Waals surface area contributed by atoms with Gasteiger partial charge in [-0.3, -0.25) is 0 Å². The minimum absolute atomic E-state index is 1.12. The number of para-hydroxylation sites is 3. The van der Waals surface area contributed by atoms with Crippen molar-refractivity contribution in [3.8, 4) is 16.8 Å². The van der Waals surface area contributed by atoms with Crippen molar-refractivity contribution in [2.45, 2.75) is 0 Å². The molecular weight excluding hydrogens is 613 g/mol. The lowest BCUT2D eigenvalue weighted by atomic mass is 10.0. The molecule has 0 N–H and O–H groups in total. The van der Waals surface area contributed by atoms with Gasteiger partial charge in [-0.15, -0.1) is 11.3 Å². The first-order chi connectivity index (χ1) is 24.3. The van der Waals surface area contributed by atoms with Gasteiger partial charge < -0.3 is 9.47 Å². The van der Waals surface area contributed by atoms with E-state index >= 15 is 0 Å². The summed E-state index contributed by atoms with van der Waals surface area (Å²) in [5, 5.41) is 7.60. The van der Waals surface area contributed by atoms with Gasteiger partial charge in [0.1, 0.15) is 0 Å². The highest BCUT2D eigenvalue weighted by molar-refractivity contribution is 7.26. The van der Waals surface area contributed by atoms with Crippen LogP contribution in [0.15, 0.2) is 182 Å². The lowest BCUT2D eigenvalue weighted by molar-refractivity contribution is 1.18. The van der Waals surface area contributed by atoms with Crippen LogP contribution in [-0.4, -0.2) is 4.57 Å². The molecule has 0 aliphatic rings. The molecule has 10 aromatic rings. The first-order valence-electron chi connectivity index (χ1n) is 16.7. The molecule has 230 valence electrons. The molecule has 3 heteroatoms. The lowest BCUT2D eigenvalue weighted by Gasteiger charge is -2.27. The van der Waals surface area contributed by atoms with Crippen molar-refractivity contribution >= 4 is 81.1 Å². The van der Waals surface area contributed by atoms with Gasteiger partial charge in [0.05, 0.1) is 27.1 Å². The quantitative estimate of drug-likeness (QED) is 0.181. The summed E-state index contributed by atoms with van der Waals surface area (Å²) in [6.07, 6.45) is 0. The summed E-state index contributed by atoms with van der Waals surface area (Å²) < 4.78 is 5.01. The number of aromatic nitrogens is 1. The maximum atomic E-state index is 2.42. The number of rotatable bonds is 5. The molecule has 0 fully saturated rings. The maximum absolute atomic E-state index is 2.42. The average Bonchev–Trinajstić information content (AvgIpc) is 3.72. The second kappa shape index (κ2) is 11.2. The predicted octanol–water partition coefficient (Wildman–Crippen LogP) is 13.4. The Kier molecular flexibility index (Phi) is 6.39. The fourth-order valence-corrected chi connectivity index (χ4v) is 8.74. The highest BCUT2D eigenvalue weighted by Gasteiger charge is 2.20. The van der Waals surface area contributed by atoms with Gasteiger partial charge in [-0.05, 0) is 70.9 Å². The first kappa shape index (κ1) is 27.9. The number of anilines is 3. The molecule has 2 nitrogen and oxygen atoms in total. The van der Waals surface area contributed by atoms with Crippen molar-refractivity contribution in [1.29, 1.82) is 0 Å². The van der Waals surface area contributed by atoms with Crippen molar-refractivity contribution in [3.63, 3.8) is 0 Å². The summed E-state index contributed by atoms with van der Waals surface area (Å²) >= 11 is 1.87. The topological polar surface area (TPSA) is 8.17 Å². The minimum atomic E-state index is 1.12. The van der Waals surface area contributed by atoms with E-state index in [9.17, 15) is 0 Å². The van der Waals surface area contributed by atoms with Gasteiger partial charge in [-0.1, -0.05) is 127 Å². The van der Waals surface area contributed by atoms with Crippen LogP contribution in [0.3, 0.4) is 0 Å². The van der Waals surface area contributed by atoms with Crippen LogP contribution in [0, 0.1) is 0 Å². The molecule has 0 aliphatic heterocycles. The number of fused-ring (bicyclic) bond motifs is 7. The molecule has 0 saturated heterocycles. The second-order valence-electron chi connectivity index (χ2n) is 12.6. The van der Waals surface area contributed by atoms with Crippen LogP contribution in [0.4, 0.5) is 17.1 Å². The van der Waals surface area contributed by atoms with E-state index in [0.717, 1.165) is 11.4 Å². The van der Waals surface area contributed by atoms with Crippen LogP contribution in [0.25, 0.3) is 69.6 Å². The summed E-state index contributed by atoms with van der Waals surface area (Å²) in [5.74, 6) is 0. The van der Waals surface area contributed by atoms with Crippen molar-refractivity contribution in [1.82, 2.24) is 4.57 Å². The lowest BCUT2D eigenvalue weighted by Crippen LogP contribution is -2.10. The standard InChI is InChI=1S/C46H30N2S/c1-2-13-33-30-35(29-24-31(33)12-1)47(44-22-11-18-40-39-17-6-10-23-45(39)49-46(40)44)34-27-25-32(26-28-34)36-14-3-7-19-41(36)48-42-20-8-4-15-37(42)38-16-5-9-21-43(38)48/h1-30H. The van der Waals surface area contributed by atoms with E-state index in [2.05, 4.69) is 191 Å². The van der Waals surface area contributed by atoms with Crippen LogP contribution in [-0.2, 0) is 0 Å². The Bertz CT molecular complexity index is 2790. The van der Waals surface area contributed by atoms with Crippen LogP contribution >= 0.6 is 11.3 Å². The predicted molar refractivity (Wildman–Crippen MR) is 211 cm³/mol. The molecule has 10 rings (SSSR count). The number of thiophene rings is 1. The van der Waals surface area contributed by atoms with Gasteiger partial charge in [0.2, 0.25) is 0 Å². The summed E-state index contributed by atoms with van der Waals surface area (Å²) in [4.78, 5) is 2.42. The van der Waals surface area contributed by atoms with Crippen molar-refractivity contribution in [2.24, 2.45) is 0 Å². The van der Waals surface area contributed by atoms with Crippen molar-refractivity contribution in [3.05, 3.63) is 182 Å². The Morgan fingerprint density at radius 3 is 1.84 bits per heavy atom. The normalized spacial score (nSPS) is 11.7. The first-order valence-corrected chi connectivity index (χ1v) is 17.5. The molecule has 0 unspecified atom stereocenters. The average molecular weight is 643 g/mol. The molecule has 2 heterocycles. The summed E-state index contributed by atoms with van der Waals surface area (Å²) in [6.45, 7) is 0. The zero-order valence-electron chi connectivity index (χ0n) is 26.6. The Hall–Kier alpha value is -6.16. The zero-order valence-corrected chi connectivity index (χ0v) is 27.4. The van der Waals surface area contributed by atoms with Gasteiger partial charge in [-0.25, -0.2) is 0 Å². The van der Waals surface area contributed by atoms with E-state index < -0.39 is 0 Å². The highest BCUT2D eigenvalue weighted by Crippen LogP contribution is 2.45. The van der Waals surface area contributed by atoms with Gasteiger partial charge in [-0.2, -0.15) is 0 Å². The summed E-state index contributed by atoms with van der Waals surface area (Å²) in [5.41, 5.74) is 9.43. The van der Waals surface area contributed by atoms with E-state index in [4.69, 9.17) is 0 Å². The molecule has 8 aromatic carbocycles. The van der Waals surface area contributed by atoms with E-state index in [-0.39, 0.29) is 0 Å². The third-order valence-electron chi connectivity index (χ3n) is 9.78. The molecule has 0 spiro atoms. The zero-order chi connectivity index (χ0) is 32.3. The van der Waals surface area contributed by atoms with E-state index in [0.29, 0.717) is 0 Å². The summed E-state index contributed by atoms with van der Waals surface area (Å²) in [7, 11) is 0. The molecular formula is C46H30N2S. The van der Waals surface area contributed by atoms with Crippen molar-refractivity contribution < 1.29 is 0 Å². The highest BCUT2D eigenvalue weighted by atomic mass is 32.1. The molecule has 49 heavy (non-hydrogen) atoms. The maximum Gasteiger partial charge on any atom is 0.0640 e. The molecule has 0 radical (unpaired) electrons. The third kappa shape index (κ3) is 4.47. The number of hydrogen-bond donors (Lipinski definition) is 0. The van der Waals surface area contributed by atoms with E-state index in [1.54, 1.807) is 0 Å². The van der Waals surface area contributed by atoms with E-state index in [1.807, 2.05) is 11.3 Å². The van der Waals surface area contributed by atoms with Crippen LogP contribution in [0.5, 0.6) is 0 Å². The van der Waals surface area contributed by atoms with Gasteiger partial charge in [0, 0.05) is 43.2 Å². The van der Waals surface area contributed by atoms with Crippen LogP contribution in [0.1, 0.15) is 0 Å². The number of benzene rings is 8. The molecule has 0 atom stereocenters. The fourth-order valence-electron chi connectivity index (χ4n) is 7.54. The Morgan fingerprint density at radius 1 is 0.429 bits per heavy atom. The smallest absolute Gasteiger partial charge is 0.0640 e. The summed E-state index contributed by atoms with van der Waals surface area (Å²) in [6, 6.07) is 66.2. The molecule has 0 saturated carbocycles. The molecule has 0 aliphatic carbocycles. The van der Waals surface area contributed by atoms with Gasteiger partial charge >= 0.3 is 0 Å². The molecule has 0 amide bonds. The number of hydrogen-bond acceptors (Lipinski definition) is 2. The molecule has 0 bridgehead atoms. The third-order valence-corrected chi connectivity index (χ3v) is 11.0. The largest absolute Gasteiger partial charge is 0.309 e. The van der Waals surface area contributed by atoms with Gasteiger partial charge in [0.15, 0.2) is 0 Å². The Morgan fingerprint density at radius 2 is 1.04 bits per heavy atom. The number of nitrogens with zero attached hydrogens (tertiary/aromatic N) is 2. The Balaban J connectivity index is 1.15. The minimum Gasteiger partial charge on any atom is -0.309 e. The van der Waals surface area contributed by atoms with E-state index in [1.165, 1.54) is 75.3 Å². The monoisotopic (exact) mass is 642 g/mol. The fraction of sp³-hybridized carbons (Fsp3) is 0. The SMILES string of the molecule is c1ccc(-n2c3ccccc3c3ccccc32)c(-c2ccc(N(c3ccc4ccccc4c3)c3cccc4c3sc3ccccc34)cc2)c1. The van der Waals surface area contributed by atoms with Crippen LogP contribution < -0.4 is 4.90 Å². The van der Waals surface area contributed by atoms with Crippen LogP contribution in [0.2, 0.25) is 0 Å². The Labute approximate surface area is 288 Å². The second-order valence-corrected chi connectivity index (χ2v) is 13.6. The van der Waals surface area contributed by atoms with Gasteiger partial charge in [0.25, 0.3) is 0 Å². The van der Waals surface area contributed by atoms with Crippen molar-refractivity contribution in [2.75, 3.05) is 4.90 Å². The molecule has 2 aromatic heterocycles.